The molecule has 0 spiro atoms. The van der Waals surface area contributed by atoms with Crippen LogP contribution >= 0.6 is 11.3 Å². The van der Waals surface area contributed by atoms with Gasteiger partial charge in [-0.25, -0.2) is 4.98 Å². The number of hydrogen-bond donors (Lipinski definition) is 0. The summed E-state index contributed by atoms with van der Waals surface area (Å²) < 4.78 is 10.3. The lowest BCUT2D eigenvalue weighted by atomic mass is 10.1. The van der Waals surface area contributed by atoms with Crippen molar-refractivity contribution < 1.29 is 14.3 Å². The van der Waals surface area contributed by atoms with Crippen molar-refractivity contribution >= 4 is 17.2 Å². The maximum atomic E-state index is 12.7. The first-order chi connectivity index (χ1) is 11.6. The molecule has 0 saturated carbocycles. The van der Waals surface area contributed by atoms with Crippen molar-refractivity contribution in [2.45, 2.75) is 19.8 Å². The molecule has 1 aromatic heterocycles. The van der Waals surface area contributed by atoms with Gasteiger partial charge in [0.15, 0.2) is 0 Å². The first-order valence-electron chi connectivity index (χ1n) is 7.97. The van der Waals surface area contributed by atoms with E-state index in [1.165, 1.54) is 16.9 Å². The molecule has 0 radical (unpaired) electrons. The Morgan fingerprint density at radius 1 is 1.21 bits per heavy atom. The number of carbonyl (C=O) groups excluding carboxylic acids is 1. The predicted molar refractivity (Wildman–Crippen MR) is 95.9 cm³/mol. The van der Waals surface area contributed by atoms with E-state index < -0.39 is 0 Å². The van der Waals surface area contributed by atoms with Gasteiger partial charge >= 0.3 is 0 Å². The summed E-state index contributed by atoms with van der Waals surface area (Å²) in [5.74, 6) is 0.886. The minimum atomic E-state index is 0.0465. The molecular formula is C18H24N2O3S. The maximum absolute atomic E-state index is 12.7. The fourth-order valence-corrected chi connectivity index (χ4v) is 3.13. The monoisotopic (exact) mass is 348 g/mol. The highest BCUT2D eigenvalue weighted by atomic mass is 32.1. The fraction of sp³-hybridized carbons (Fsp3) is 0.444. The zero-order valence-corrected chi connectivity index (χ0v) is 15.3. The number of ether oxygens (including phenoxy) is 2. The minimum Gasteiger partial charge on any atom is -0.497 e. The molecule has 6 heteroatoms. The number of hydrogen-bond acceptors (Lipinski definition) is 5. The normalized spacial score (nSPS) is 10.6. The lowest BCUT2D eigenvalue weighted by Crippen LogP contribution is -2.34. The summed E-state index contributed by atoms with van der Waals surface area (Å²) in [4.78, 5) is 19.5. The molecule has 5 nitrogen and oxygen atoms in total. The van der Waals surface area contributed by atoms with Crippen molar-refractivity contribution in [2.75, 3.05) is 33.9 Å². The van der Waals surface area contributed by atoms with Crippen LogP contribution in [0.15, 0.2) is 30.5 Å². The summed E-state index contributed by atoms with van der Waals surface area (Å²) in [6, 6.07) is 7.96. The smallest absolute Gasteiger partial charge is 0.265 e. The molecule has 0 aliphatic carbocycles. The number of amides is 1. The van der Waals surface area contributed by atoms with Crippen LogP contribution in [0.3, 0.4) is 0 Å². The van der Waals surface area contributed by atoms with Gasteiger partial charge in [0.2, 0.25) is 0 Å². The highest BCUT2D eigenvalue weighted by molar-refractivity contribution is 7.13. The van der Waals surface area contributed by atoms with Crippen LogP contribution < -0.4 is 4.74 Å². The fourth-order valence-electron chi connectivity index (χ4n) is 2.39. The van der Waals surface area contributed by atoms with Crippen molar-refractivity contribution in [1.82, 2.24) is 9.88 Å². The Kier molecular flexibility index (Phi) is 7.21. The third kappa shape index (κ3) is 5.32. The number of thiazole rings is 1. The van der Waals surface area contributed by atoms with Crippen LogP contribution in [-0.4, -0.2) is 49.7 Å². The molecule has 0 aliphatic rings. The second kappa shape index (κ2) is 9.39. The quantitative estimate of drug-likeness (QED) is 0.653. The van der Waals surface area contributed by atoms with Crippen molar-refractivity contribution in [3.63, 3.8) is 0 Å². The largest absolute Gasteiger partial charge is 0.497 e. The molecule has 1 amide bonds. The first-order valence-corrected chi connectivity index (χ1v) is 8.79. The van der Waals surface area contributed by atoms with Crippen LogP contribution in [0.2, 0.25) is 0 Å². The molecule has 0 atom stereocenters. The summed E-state index contributed by atoms with van der Waals surface area (Å²) >= 11 is 1.44. The van der Waals surface area contributed by atoms with Crippen LogP contribution in [0.4, 0.5) is 0 Å². The van der Waals surface area contributed by atoms with Gasteiger partial charge in [-0.2, -0.15) is 0 Å². The number of rotatable bonds is 9. The van der Waals surface area contributed by atoms with E-state index in [4.69, 9.17) is 9.47 Å². The molecule has 0 unspecified atom stereocenters. The summed E-state index contributed by atoms with van der Waals surface area (Å²) in [7, 11) is 3.33. The lowest BCUT2D eigenvalue weighted by Gasteiger charge is -2.22. The van der Waals surface area contributed by atoms with E-state index >= 15 is 0 Å². The molecule has 0 saturated heterocycles. The van der Waals surface area contributed by atoms with Crippen LogP contribution in [0, 0.1) is 6.92 Å². The number of benzene rings is 1. The Bertz CT molecular complexity index is 640. The molecule has 24 heavy (non-hydrogen) atoms. The Morgan fingerprint density at radius 2 is 1.96 bits per heavy atom. The molecule has 130 valence electrons. The first kappa shape index (κ1) is 18.4. The van der Waals surface area contributed by atoms with E-state index in [-0.39, 0.29) is 5.91 Å². The number of carbonyl (C=O) groups is 1. The zero-order valence-electron chi connectivity index (χ0n) is 14.4. The van der Waals surface area contributed by atoms with E-state index in [1.807, 2.05) is 36.1 Å². The predicted octanol–water partition coefficient (Wildman–Crippen LogP) is 3.18. The summed E-state index contributed by atoms with van der Waals surface area (Å²) in [6.07, 6.45) is 3.29. The van der Waals surface area contributed by atoms with Gasteiger partial charge in [0.1, 0.15) is 10.6 Å². The number of nitrogens with zero attached hydrogens (tertiary/aromatic N) is 2. The van der Waals surface area contributed by atoms with Crippen molar-refractivity contribution in [3.05, 3.63) is 45.9 Å². The lowest BCUT2D eigenvalue weighted by molar-refractivity contribution is 0.0743. The van der Waals surface area contributed by atoms with E-state index in [0.29, 0.717) is 24.6 Å². The van der Waals surface area contributed by atoms with Gasteiger partial charge in [0.05, 0.1) is 18.3 Å². The third-order valence-electron chi connectivity index (χ3n) is 3.73. The van der Waals surface area contributed by atoms with E-state index in [0.717, 1.165) is 23.6 Å². The highest BCUT2D eigenvalue weighted by Crippen LogP contribution is 2.16. The summed E-state index contributed by atoms with van der Waals surface area (Å²) in [5, 5.41) is 0.908. The molecule has 0 aliphatic heterocycles. The zero-order chi connectivity index (χ0) is 17.4. The molecular weight excluding hydrogens is 324 g/mol. The SMILES string of the molecule is COCCCN(CCc1ccc(OC)cc1)C(=O)c1cnc(C)s1. The van der Waals surface area contributed by atoms with Crippen LogP contribution in [-0.2, 0) is 11.2 Å². The van der Waals surface area contributed by atoms with E-state index in [1.54, 1.807) is 20.4 Å². The van der Waals surface area contributed by atoms with Gasteiger partial charge < -0.3 is 14.4 Å². The van der Waals surface area contributed by atoms with Crippen molar-refractivity contribution in [1.29, 1.82) is 0 Å². The molecule has 1 aromatic carbocycles. The summed E-state index contributed by atoms with van der Waals surface area (Å²) in [6.45, 7) is 3.91. The molecule has 0 fully saturated rings. The van der Waals surface area contributed by atoms with Crippen LogP contribution in [0.5, 0.6) is 5.75 Å². The topological polar surface area (TPSA) is 51.7 Å². The maximum Gasteiger partial charge on any atom is 0.265 e. The Morgan fingerprint density at radius 3 is 2.54 bits per heavy atom. The van der Waals surface area contributed by atoms with Gasteiger partial charge in [0.25, 0.3) is 5.91 Å². The van der Waals surface area contributed by atoms with Crippen molar-refractivity contribution in [3.8, 4) is 5.75 Å². The Hall–Kier alpha value is -1.92. The molecule has 2 rings (SSSR count). The second-order valence-electron chi connectivity index (χ2n) is 5.48. The van der Waals surface area contributed by atoms with Crippen LogP contribution in [0.1, 0.15) is 26.7 Å². The van der Waals surface area contributed by atoms with E-state index in [9.17, 15) is 4.79 Å². The average Bonchev–Trinajstić information content (AvgIpc) is 3.04. The van der Waals surface area contributed by atoms with E-state index in [2.05, 4.69) is 4.98 Å². The molecule has 0 bridgehead atoms. The van der Waals surface area contributed by atoms with Gasteiger partial charge in [-0.3, -0.25) is 4.79 Å². The number of aromatic nitrogens is 1. The average molecular weight is 348 g/mol. The second-order valence-corrected chi connectivity index (χ2v) is 6.71. The third-order valence-corrected chi connectivity index (χ3v) is 4.63. The Balaban J connectivity index is 2.00. The van der Waals surface area contributed by atoms with Gasteiger partial charge in [-0.1, -0.05) is 12.1 Å². The number of aryl methyl sites for hydroxylation is 1. The van der Waals surface area contributed by atoms with Crippen molar-refractivity contribution in [2.24, 2.45) is 0 Å². The standard InChI is InChI=1S/C18H24N2O3S/c1-14-19-13-17(24-14)18(21)20(10-4-12-22-2)11-9-15-5-7-16(23-3)8-6-15/h5-8,13H,4,9-12H2,1-3H3. The number of methoxy groups -OCH3 is 2. The van der Waals surface area contributed by atoms with Gasteiger partial charge in [-0.05, 0) is 37.5 Å². The minimum absolute atomic E-state index is 0.0465. The van der Waals surface area contributed by atoms with Gasteiger partial charge in [-0.15, -0.1) is 11.3 Å². The van der Waals surface area contributed by atoms with Crippen LogP contribution in [0.25, 0.3) is 0 Å². The highest BCUT2D eigenvalue weighted by Gasteiger charge is 2.17. The summed E-state index contributed by atoms with van der Waals surface area (Å²) in [5.41, 5.74) is 1.18. The molecule has 2 aromatic rings. The molecule has 0 N–H and O–H groups in total. The Labute approximate surface area is 147 Å². The van der Waals surface area contributed by atoms with Gasteiger partial charge in [0, 0.05) is 26.8 Å². The molecule has 1 heterocycles.